The summed E-state index contributed by atoms with van der Waals surface area (Å²) < 4.78 is 0. The third kappa shape index (κ3) is 2.66. The van der Waals surface area contributed by atoms with E-state index in [1.807, 2.05) is 13.0 Å². The third-order valence-corrected chi connectivity index (χ3v) is 2.39. The van der Waals surface area contributed by atoms with E-state index in [1.54, 1.807) is 6.20 Å². The van der Waals surface area contributed by atoms with Gasteiger partial charge < -0.3 is 5.32 Å². The molecule has 0 bridgehead atoms. The molecule has 2 rings (SSSR count). The minimum Gasteiger partial charge on any atom is -0.354 e. The highest BCUT2D eigenvalue weighted by atomic mass is 32.2. The summed E-state index contributed by atoms with van der Waals surface area (Å²) >= 11 is 1.41. The fourth-order valence-electron chi connectivity index (χ4n) is 0.985. The molecule has 7 heteroatoms. The molecule has 2 aromatic rings. The van der Waals surface area contributed by atoms with Crippen LogP contribution in [0.3, 0.4) is 0 Å². The van der Waals surface area contributed by atoms with E-state index in [9.17, 15) is 0 Å². The molecule has 0 aromatic carbocycles. The van der Waals surface area contributed by atoms with Crippen molar-refractivity contribution in [1.82, 2.24) is 25.1 Å². The molecular weight excluding hydrogens is 212 g/mol. The Labute approximate surface area is 90.9 Å². The van der Waals surface area contributed by atoms with Crippen LogP contribution in [0.1, 0.15) is 6.92 Å². The lowest BCUT2D eigenvalue weighted by atomic mass is 10.6. The molecule has 2 aromatic heterocycles. The van der Waals surface area contributed by atoms with Crippen molar-refractivity contribution in [2.45, 2.75) is 17.1 Å². The Balaban J connectivity index is 2.11. The van der Waals surface area contributed by atoms with Gasteiger partial charge in [-0.1, -0.05) is 0 Å². The van der Waals surface area contributed by atoms with E-state index in [1.165, 1.54) is 18.1 Å². The average Bonchev–Trinajstić information content (AvgIpc) is 2.71. The third-order valence-electron chi connectivity index (χ3n) is 1.56. The summed E-state index contributed by atoms with van der Waals surface area (Å²) in [6.45, 7) is 2.80. The molecule has 0 atom stereocenters. The maximum absolute atomic E-state index is 4.29. The van der Waals surface area contributed by atoms with E-state index in [-0.39, 0.29) is 0 Å². The molecule has 0 radical (unpaired) electrons. The van der Waals surface area contributed by atoms with Crippen molar-refractivity contribution in [1.29, 1.82) is 0 Å². The van der Waals surface area contributed by atoms with Gasteiger partial charge in [-0.2, -0.15) is 5.10 Å². The number of aromatic nitrogens is 5. The Morgan fingerprint density at radius 1 is 1.47 bits per heavy atom. The molecule has 2 heterocycles. The van der Waals surface area contributed by atoms with E-state index in [4.69, 9.17) is 0 Å². The smallest absolute Gasteiger partial charge is 0.223 e. The molecule has 15 heavy (non-hydrogen) atoms. The molecule has 0 saturated carbocycles. The number of aromatic amines is 1. The van der Waals surface area contributed by atoms with Gasteiger partial charge in [0.05, 0.1) is 0 Å². The van der Waals surface area contributed by atoms with Crippen LogP contribution in [0.15, 0.2) is 28.8 Å². The van der Waals surface area contributed by atoms with E-state index in [2.05, 4.69) is 30.5 Å². The molecule has 0 fully saturated rings. The Kier molecular flexibility index (Phi) is 3.13. The number of hydrogen-bond donors (Lipinski definition) is 2. The maximum atomic E-state index is 4.29. The number of anilines is 1. The number of H-pyrrole nitrogens is 1. The zero-order chi connectivity index (χ0) is 10.5. The first-order valence-corrected chi connectivity index (χ1v) is 5.30. The van der Waals surface area contributed by atoms with Gasteiger partial charge >= 0.3 is 0 Å². The molecular formula is C8H10N6S. The molecule has 0 unspecified atom stereocenters. The van der Waals surface area contributed by atoms with Crippen molar-refractivity contribution >= 4 is 17.7 Å². The lowest BCUT2D eigenvalue weighted by Crippen LogP contribution is -2.01. The van der Waals surface area contributed by atoms with Crippen molar-refractivity contribution < 1.29 is 0 Å². The lowest BCUT2D eigenvalue weighted by Gasteiger charge is -2.01. The topological polar surface area (TPSA) is 79.4 Å². The first-order valence-electron chi connectivity index (χ1n) is 4.48. The second kappa shape index (κ2) is 4.74. The maximum Gasteiger partial charge on any atom is 0.223 e. The summed E-state index contributed by atoms with van der Waals surface area (Å²) in [4.78, 5) is 12.4. The van der Waals surface area contributed by atoms with E-state index in [0.29, 0.717) is 5.95 Å². The number of nitrogens with one attached hydrogen (secondary N) is 2. The summed E-state index contributed by atoms with van der Waals surface area (Å²) in [6, 6.07) is 1.83. The number of hydrogen-bond acceptors (Lipinski definition) is 6. The van der Waals surface area contributed by atoms with Gasteiger partial charge in [0.2, 0.25) is 5.95 Å². The Morgan fingerprint density at radius 3 is 3.13 bits per heavy atom. The van der Waals surface area contributed by atoms with E-state index < -0.39 is 0 Å². The van der Waals surface area contributed by atoms with Gasteiger partial charge in [-0.15, -0.1) is 0 Å². The number of nitrogens with zero attached hydrogens (tertiary/aromatic N) is 4. The molecule has 0 aliphatic carbocycles. The predicted octanol–water partition coefficient (Wildman–Crippen LogP) is 1.18. The zero-order valence-electron chi connectivity index (χ0n) is 8.14. The summed E-state index contributed by atoms with van der Waals surface area (Å²) in [5.74, 6) is 0.627. The van der Waals surface area contributed by atoms with Gasteiger partial charge in [-0.25, -0.2) is 15.0 Å². The first kappa shape index (κ1) is 9.91. The molecule has 0 aliphatic heterocycles. The largest absolute Gasteiger partial charge is 0.354 e. The van der Waals surface area contributed by atoms with Crippen molar-refractivity contribution in [3.63, 3.8) is 0 Å². The Hall–Kier alpha value is -1.63. The molecule has 6 nitrogen and oxygen atoms in total. The Morgan fingerprint density at radius 2 is 2.40 bits per heavy atom. The summed E-state index contributed by atoms with van der Waals surface area (Å²) in [6.07, 6.45) is 3.18. The molecule has 0 amide bonds. The average molecular weight is 222 g/mol. The van der Waals surface area contributed by atoms with E-state index >= 15 is 0 Å². The lowest BCUT2D eigenvalue weighted by molar-refractivity contribution is 0.960. The molecule has 0 saturated heterocycles. The fraction of sp³-hybridized carbons (Fsp3) is 0.250. The van der Waals surface area contributed by atoms with Crippen LogP contribution in [-0.2, 0) is 0 Å². The van der Waals surface area contributed by atoms with Gasteiger partial charge in [0.1, 0.15) is 11.4 Å². The van der Waals surface area contributed by atoms with Crippen LogP contribution in [0.25, 0.3) is 0 Å². The second-order valence-electron chi connectivity index (χ2n) is 2.64. The molecule has 78 valence electrons. The monoisotopic (exact) mass is 222 g/mol. The van der Waals surface area contributed by atoms with Gasteiger partial charge in [-0.05, 0) is 24.8 Å². The molecule has 0 spiro atoms. The van der Waals surface area contributed by atoms with Crippen molar-refractivity contribution in [3.05, 3.63) is 18.6 Å². The van der Waals surface area contributed by atoms with Crippen molar-refractivity contribution in [3.8, 4) is 0 Å². The first-order chi connectivity index (χ1) is 7.38. The fourth-order valence-corrected chi connectivity index (χ4v) is 1.64. The normalized spacial score (nSPS) is 10.2. The summed E-state index contributed by atoms with van der Waals surface area (Å²) in [5.41, 5.74) is 0. The minimum atomic E-state index is 0.627. The van der Waals surface area contributed by atoms with Gasteiger partial charge in [0.15, 0.2) is 5.16 Å². The molecule has 2 N–H and O–H groups in total. The quantitative estimate of drug-likeness (QED) is 0.756. The van der Waals surface area contributed by atoms with Gasteiger partial charge in [0.25, 0.3) is 0 Å². The predicted molar refractivity (Wildman–Crippen MR) is 56.7 cm³/mol. The minimum absolute atomic E-state index is 0.627. The highest BCUT2D eigenvalue weighted by molar-refractivity contribution is 7.99. The van der Waals surface area contributed by atoms with Crippen LogP contribution in [0.2, 0.25) is 0 Å². The Bertz CT molecular complexity index is 415. The van der Waals surface area contributed by atoms with Crippen LogP contribution in [0, 0.1) is 0 Å². The highest BCUT2D eigenvalue weighted by Crippen LogP contribution is 2.21. The van der Waals surface area contributed by atoms with Crippen LogP contribution in [0.5, 0.6) is 0 Å². The second-order valence-corrected chi connectivity index (χ2v) is 3.65. The van der Waals surface area contributed by atoms with Crippen LogP contribution in [-0.4, -0.2) is 31.7 Å². The SMILES string of the molecule is CCNc1nccc(Sc2ncn[nH]2)n1. The standard InChI is InChI=1S/C8H10N6S/c1-2-9-7-10-4-3-6(13-7)15-8-11-5-12-14-8/h3-5H,2H2,1H3,(H,9,10,13)(H,11,12,14). The summed E-state index contributed by atoms with van der Waals surface area (Å²) in [5, 5.41) is 11.1. The van der Waals surface area contributed by atoms with Crippen LogP contribution >= 0.6 is 11.8 Å². The van der Waals surface area contributed by atoms with E-state index in [0.717, 1.165) is 16.7 Å². The van der Waals surface area contributed by atoms with Crippen molar-refractivity contribution in [2.24, 2.45) is 0 Å². The number of rotatable bonds is 4. The zero-order valence-corrected chi connectivity index (χ0v) is 8.95. The van der Waals surface area contributed by atoms with Crippen LogP contribution in [0.4, 0.5) is 5.95 Å². The summed E-state index contributed by atoms with van der Waals surface area (Å²) in [7, 11) is 0. The molecule has 0 aliphatic rings. The van der Waals surface area contributed by atoms with Gasteiger partial charge in [-0.3, -0.25) is 5.10 Å². The van der Waals surface area contributed by atoms with Crippen molar-refractivity contribution in [2.75, 3.05) is 11.9 Å². The van der Waals surface area contributed by atoms with Gasteiger partial charge in [0, 0.05) is 12.7 Å². The highest BCUT2D eigenvalue weighted by Gasteiger charge is 2.02. The van der Waals surface area contributed by atoms with Crippen LogP contribution < -0.4 is 5.32 Å².